The van der Waals surface area contributed by atoms with Gasteiger partial charge in [-0.25, -0.2) is 4.79 Å². The number of aliphatic carboxylic acids is 1. The van der Waals surface area contributed by atoms with Crippen molar-refractivity contribution in [2.45, 2.75) is 51.0 Å². The van der Waals surface area contributed by atoms with Gasteiger partial charge in [-0.05, 0) is 37.8 Å². The second-order valence-electron chi connectivity index (χ2n) is 4.55. The smallest absolute Gasteiger partial charge is 0.326 e. The van der Waals surface area contributed by atoms with Crippen LogP contribution in [0.2, 0.25) is 0 Å². The third-order valence-corrected chi connectivity index (χ3v) is 3.50. The maximum Gasteiger partial charge on any atom is 0.326 e. The summed E-state index contributed by atoms with van der Waals surface area (Å²) in [4.78, 5) is 22.6. The Morgan fingerprint density at radius 2 is 1.84 bits per heavy atom. The second kappa shape index (κ2) is 12.3. The Morgan fingerprint density at radius 3 is 2.42 bits per heavy atom. The summed E-state index contributed by atoms with van der Waals surface area (Å²) < 4.78 is 0. The van der Waals surface area contributed by atoms with Crippen LogP contribution in [0, 0.1) is 0 Å². The van der Waals surface area contributed by atoms with E-state index in [1.165, 1.54) is 0 Å². The Bertz CT molecular complexity index is 262. The molecule has 0 spiro atoms. The standard InChI is InChI=1S/C13H26N2O3S/c1-19-10-8-11(13(17)18)15-12(16)7-5-3-2-4-6-9-14/h11H,2-10,14H2,1H3,(H,15,16)(H,17,18)/t11-/m0/s1. The van der Waals surface area contributed by atoms with Crippen LogP contribution in [0.15, 0.2) is 0 Å². The molecule has 0 aliphatic carbocycles. The van der Waals surface area contributed by atoms with Crippen molar-refractivity contribution in [3.8, 4) is 0 Å². The van der Waals surface area contributed by atoms with Gasteiger partial charge in [0.05, 0.1) is 0 Å². The summed E-state index contributed by atoms with van der Waals surface area (Å²) in [5, 5.41) is 11.6. The molecule has 0 aromatic heterocycles. The van der Waals surface area contributed by atoms with E-state index in [-0.39, 0.29) is 5.91 Å². The van der Waals surface area contributed by atoms with Crippen LogP contribution < -0.4 is 11.1 Å². The van der Waals surface area contributed by atoms with Crippen LogP contribution in [-0.2, 0) is 9.59 Å². The van der Waals surface area contributed by atoms with Gasteiger partial charge >= 0.3 is 5.97 Å². The highest BCUT2D eigenvalue weighted by atomic mass is 32.2. The number of hydrogen-bond donors (Lipinski definition) is 3. The van der Waals surface area contributed by atoms with Gasteiger partial charge in [-0.2, -0.15) is 11.8 Å². The van der Waals surface area contributed by atoms with E-state index in [4.69, 9.17) is 10.8 Å². The fraction of sp³-hybridized carbons (Fsp3) is 0.846. The van der Waals surface area contributed by atoms with E-state index in [0.717, 1.165) is 44.4 Å². The van der Waals surface area contributed by atoms with Gasteiger partial charge < -0.3 is 16.2 Å². The molecule has 112 valence electrons. The van der Waals surface area contributed by atoms with Gasteiger partial charge in [0, 0.05) is 6.42 Å². The summed E-state index contributed by atoms with van der Waals surface area (Å²) in [5.41, 5.74) is 5.39. The van der Waals surface area contributed by atoms with E-state index in [1.54, 1.807) is 11.8 Å². The summed E-state index contributed by atoms with van der Waals surface area (Å²) in [6.45, 7) is 0.718. The minimum atomic E-state index is -0.953. The third-order valence-electron chi connectivity index (χ3n) is 2.85. The summed E-state index contributed by atoms with van der Waals surface area (Å²) >= 11 is 1.58. The zero-order valence-electron chi connectivity index (χ0n) is 11.7. The minimum Gasteiger partial charge on any atom is -0.480 e. The predicted octanol–water partition coefficient (Wildman–Crippen LogP) is 1.61. The highest BCUT2D eigenvalue weighted by Crippen LogP contribution is 2.06. The lowest BCUT2D eigenvalue weighted by molar-refractivity contribution is -0.141. The van der Waals surface area contributed by atoms with E-state index in [2.05, 4.69) is 5.32 Å². The molecule has 0 heterocycles. The molecule has 0 saturated carbocycles. The second-order valence-corrected chi connectivity index (χ2v) is 5.53. The van der Waals surface area contributed by atoms with Crippen LogP contribution in [0.25, 0.3) is 0 Å². The SMILES string of the molecule is CSCC[C@H](NC(=O)CCCCCCCN)C(=O)O. The first-order valence-corrected chi connectivity index (χ1v) is 8.22. The minimum absolute atomic E-state index is 0.160. The fourth-order valence-corrected chi connectivity index (χ4v) is 2.19. The van der Waals surface area contributed by atoms with Crippen LogP contribution in [0.1, 0.15) is 44.9 Å². The van der Waals surface area contributed by atoms with Gasteiger partial charge in [0.15, 0.2) is 0 Å². The van der Waals surface area contributed by atoms with Gasteiger partial charge in [0.1, 0.15) is 6.04 Å². The largest absolute Gasteiger partial charge is 0.480 e. The Labute approximate surface area is 119 Å². The van der Waals surface area contributed by atoms with E-state index < -0.39 is 12.0 Å². The van der Waals surface area contributed by atoms with Crippen molar-refractivity contribution in [1.82, 2.24) is 5.32 Å². The number of carbonyl (C=O) groups excluding carboxylic acids is 1. The van der Waals surface area contributed by atoms with Crippen LogP contribution in [-0.4, -0.2) is 41.6 Å². The zero-order chi connectivity index (χ0) is 14.5. The molecule has 1 amide bonds. The fourth-order valence-electron chi connectivity index (χ4n) is 1.72. The molecule has 0 aliphatic heterocycles. The molecule has 0 unspecified atom stereocenters. The van der Waals surface area contributed by atoms with Gasteiger partial charge in [0.25, 0.3) is 0 Å². The number of carbonyl (C=O) groups is 2. The van der Waals surface area contributed by atoms with Crippen molar-refractivity contribution >= 4 is 23.6 Å². The average molecular weight is 290 g/mol. The maximum atomic E-state index is 11.6. The van der Waals surface area contributed by atoms with Crippen LogP contribution in [0.5, 0.6) is 0 Å². The molecule has 0 rings (SSSR count). The number of thioether (sulfide) groups is 1. The Kier molecular flexibility index (Phi) is 11.8. The van der Waals surface area contributed by atoms with Gasteiger partial charge in [-0.3, -0.25) is 4.79 Å². The third kappa shape index (κ3) is 10.8. The van der Waals surface area contributed by atoms with Crippen molar-refractivity contribution in [2.75, 3.05) is 18.6 Å². The van der Waals surface area contributed by atoms with E-state index in [1.807, 2.05) is 6.26 Å². The molecule has 0 fully saturated rings. The maximum absolute atomic E-state index is 11.6. The topological polar surface area (TPSA) is 92.4 Å². The number of nitrogens with one attached hydrogen (secondary N) is 1. The summed E-state index contributed by atoms with van der Waals surface area (Å²) in [6.07, 6.45) is 7.82. The van der Waals surface area contributed by atoms with Crippen molar-refractivity contribution in [1.29, 1.82) is 0 Å². The quantitative estimate of drug-likeness (QED) is 0.475. The Morgan fingerprint density at radius 1 is 1.21 bits per heavy atom. The zero-order valence-corrected chi connectivity index (χ0v) is 12.5. The van der Waals surface area contributed by atoms with E-state index in [9.17, 15) is 9.59 Å². The summed E-state index contributed by atoms with van der Waals surface area (Å²) in [6, 6.07) is -0.753. The molecule has 0 bridgehead atoms. The van der Waals surface area contributed by atoms with Gasteiger partial charge in [0.2, 0.25) is 5.91 Å². The Hall–Kier alpha value is -0.750. The summed E-state index contributed by atoms with van der Waals surface area (Å²) in [7, 11) is 0. The molecule has 19 heavy (non-hydrogen) atoms. The van der Waals surface area contributed by atoms with Crippen LogP contribution >= 0.6 is 11.8 Å². The first kappa shape index (κ1) is 18.2. The summed E-state index contributed by atoms with van der Waals surface area (Å²) in [5.74, 6) is -0.381. The average Bonchev–Trinajstić information content (AvgIpc) is 2.38. The number of amides is 1. The lowest BCUT2D eigenvalue weighted by atomic mass is 10.1. The monoisotopic (exact) mass is 290 g/mol. The first-order chi connectivity index (χ1) is 9.11. The first-order valence-electron chi connectivity index (χ1n) is 6.83. The number of hydrogen-bond acceptors (Lipinski definition) is 4. The predicted molar refractivity (Wildman–Crippen MR) is 79.3 cm³/mol. The molecule has 4 N–H and O–H groups in total. The van der Waals surface area contributed by atoms with Crippen molar-refractivity contribution in [3.05, 3.63) is 0 Å². The van der Waals surface area contributed by atoms with Crippen molar-refractivity contribution in [2.24, 2.45) is 5.73 Å². The molecule has 0 saturated heterocycles. The molecule has 0 aromatic carbocycles. The normalized spacial score (nSPS) is 12.1. The number of rotatable bonds is 12. The van der Waals surface area contributed by atoms with Crippen LogP contribution in [0.3, 0.4) is 0 Å². The highest BCUT2D eigenvalue weighted by Gasteiger charge is 2.18. The lowest BCUT2D eigenvalue weighted by Crippen LogP contribution is -2.41. The van der Waals surface area contributed by atoms with Crippen LogP contribution in [0.4, 0.5) is 0 Å². The number of unbranched alkanes of at least 4 members (excludes halogenated alkanes) is 4. The van der Waals surface area contributed by atoms with Crippen molar-refractivity contribution in [3.63, 3.8) is 0 Å². The molecule has 0 aromatic rings. The number of carboxylic acids is 1. The molecule has 0 aliphatic rings. The Balaban J connectivity index is 3.71. The molecular weight excluding hydrogens is 264 g/mol. The van der Waals surface area contributed by atoms with Gasteiger partial charge in [-0.15, -0.1) is 0 Å². The molecule has 5 nitrogen and oxygen atoms in total. The van der Waals surface area contributed by atoms with E-state index in [0.29, 0.717) is 12.8 Å². The van der Waals surface area contributed by atoms with Gasteiger partial charge in [-0.1, -0.05) is 19.3 Å². The van der Waals surface area contributed by atoms with Crippen molar-refractivity contribution < 1.29 is 14.7 Å². The highest BCUT2D eigenvalue weighted by molar-refractivity contribution is 7.98. The van der Waals surface area contributed by atoms with E-state index >= 15 is 0 Å². The number of nitrogens with two attached hydrogens (primary N) is 1. The molecular formula is C13H26N2O3S. The number of carboxylic acid groups (broad SMARTS) is 1. The molecule has 0 radical (unpaired) electrons. The molecule has 1 atom stereocenters. The molecule has 6 heteroatoms. The lowest BCUT2D eigenvalue weighted by Gasteiger charge is -2.13.